The minimum absolute atomic E-state index is 0.0185. The molecule has 152 valence electrons. The van der Waals surface area contributed by atoms with E-state index >= 15 is 0 Å². The Balaban J connectivity index is 1.41. The third kappa shape index (κ3) is 5.99. The van der Waals surface area contributed by atoms with E-state index < -0.39 is 0 Å². The Morgan fingerprint density at radius 3 is 2.71 bits per heavy atom. The van der Waals surface area contributed by atoms with Gasteiger partial charge < -0.3 is 14.5 Å². The summed E-state index contributed by atoms with van der Waals surface area (Å²) in [4.78, 5) is 12.2. The molecule has 0 bridgehead atoms. The first-order chi connectivity index (χ1) is 13.5. The Labute approximate surface area is 170 Å². The molecular weight excluding hydrogens is 374 g/mol. The highest BCUT2D eigenvalue weighted by atomic mass is 32.2. The van der Waals surface area contributed by atoms with Crippen molar-refractivity contribution in [2.24, 2.45) is 5.92 Å². The lowest BCUT2D eigenvalue weighted by Crippen LogP contribution is -2.41. The fourth-order valence-corrected chi connectivity index (χ4v) is 3.95. The van der Waals surface area contributed by atoms with Crippen LogP contribution in [0.15, 0.2) is 33.9 Å². The fraction of sp³-hybridized carbons (Fsp3) is 0.571. The van der Waals surface area contributed by atoms with E-state index in [9.17, 15) is 4.79 Å². The topological polar surface area (TPSA) is 77.2 Å². The lowest BCUT2D eigenvalue weighted by Gasteiger charge is -2.29. The minimum atomic E-state index is 0.0185. The quantitative estimate of drug-likeness (QED) is 0.651. The number of hydrogen-bond acceptors (Lipinski definition) is 6. The predicted molar refractivity (Wildman–Crippen MR) is 109 cm³/mol. The van der Waals surface area contributed by atoms with Crippen LogP contribution in [0.25, 0.3) is 0 Å². The number of hydrogen-bond donors (Lipinski definition) is 1. The predicted octanol–water partition coefficient (Wildman–Crippen LogP) is 4.56. The van der Waals surface area contributed by atoms with Gasteiger partial charge in [-0.1, -0.05) is 57.5 Å². The zero-order valence-electron chi connectivity index (χ0n) is 16.8. The lowest BCUT2D eigenvalue weighted by molar-refractivity contribution is -0.119. The molecule has 1 heterocycles. The number of amides is 1. The van der Waals surface area contributed by atoms with E-state index in [1.807, 2.05) is 12.1 Å². The molecule has 2 atom stereocenters. The molecule has 0 radical (unpaired) electrons. The standard InChI is InChI=1S/C21H29N3O3S/c1-14(2)16-8-10-17(11-9-16)26-12-20-23-24-21(27-20)28-13-19(25)22-18-7-5-4-6-15(18)3/h8-11,14-15,18H,4-7,12-13H2,1-3H3,(H,22,25)/t15-,18+/m1/s1. The van der Waals surface area contributed by atoms with Crippen LogP contribution in [0.3, 0.4) is 0 Å². The van der Waals surface area contributed by atoms with Gasteiger partial charge in [-0.05, 0) is 42.4 Å². The summed E-state index contributed by atoms with van der Waals surface area (Å²) < 4.78 is 11.3. The Morgan fingerprint density at radius 1 is 1.25 bits per heavy atom. The molecule has 3 rings (SSSR count). The first-order valence-electron chi connectivity index (χ1n) is 9.98. The molecule has 1 fully saturated rings. The van der Waals surface area contributed by atoms with Gasteiger partial charge in [0.15, 0.2) is 6.61 Å². The molecule has 2 aromatic rings. The van der Waals surface area contributed by atoms with Crippen molar-refractivity contribution < 1.29 is 13.9 Å². The molecule has 1 aliphatic rings. The highest BCUT2D eigenvalue weighted by Crippen LogP contribution is 2.24. The van der Waals surface area contributed by atoms with Crippen molar-refractivity contribution >= 4 is 17.7 Å². The number of aromatic nitrogens is 2. The number of ether oxygens (including phenoxy) is 1. The number of benzene rings is 1. The van der Waals surface area contributed by atoms with E-state index in [1.165, 1.54) is 36.6 Å². The third-order valence-corrected chi connectivity index (χ3v) is 5.96. The number of thioether (sulfide) groups is 1. The van der Waals surface area contributed by atoms with Gasteiger partial charge in [-0.3, -0.25) is 4.79 Å². The molecule has 28 heavy (non-hydrogen) atoms. The molecule has 7 heteroatoms. The van der Waals surface area contributed by atoms with Crippen LogP contribution in [0.4, 0.5) is 0 Å². The Kier molecular flexibility index (Phi) is 7.36. The second kappa shape index (κ2) is 9.96. The summed E-state index contributed by atoms with van der Waals surface area (Å²) in [5.74, 6) is 2.50. The SMILES string of the molecule is CC(C)c1ccc(OCc2nnc(SCC(=O)N[C@H]3CCCC[C@H]3C)o2)cc1. The zero-order chi connectivity index (χ0) is 19.9. The summed E-state index contributed by atoms with van der Waals surface area (Å²) in [5.41, 5.74) is 1.27. The fourth-order valence-electron chi connectivity index (χ4n) is 3.36. The van der Waals surface area contributed by atoms with Gasteiger partial charge in [-0.25, -0.2) is 0 Å². The first-order valence-corrected chi connectivity index (χ1v) is 11.0. The maximum absolute atomic E-state index is 12.2. The zero-order valence-corrected chi connectivity index (χ0v) is 17.6. The first kappa shape index (κ1) is 20.7. The summed E-state index contributed by atoms with van der Waals surface area (Å²) in [6.07, 6.45) is 4.70. The normalized spacial score (nSPS) is 19.6. The summed E-state index contributed by atoms with van der Waals surface area (Å²) in [5, 5.41) is 11.5. The Bertz CT molecular complexity index is 761. The molecule has 0 aliphatic heterocycles. The van der Waals surface area contributed by atoms with Gasteiger partial charge in [0, 0.05) is 6.04 Å². The molecule has 1 aliphatic carbocycles. The highest BCUT2D eigenvalue weighted by molar-refractivity contribution is 7.99. The maximum atomic E-state index is 12.2. The number of nitrogens with one attached hydrogen (secondary N) is 1. The number of nitrogens with zero attached hydrogens (tertiary/aromatic N) is 2. The van der Waals surface area contributed by atoms with Gasteiger partial charge in [0.25, 0.3) is 11.1 Å². The monoisotopic (exact) mass is 403 g/mol. The molecule has 0 saturated heterocycles. The van der Waals surface area contributed by atoms with Crippen LogP contribution in [0, 0.1) is 5.92 Å². The van der Waals surface area contributed by atoms with Crippen LogP contribution in [0.2, 0.25) is 0 Å². The van der Waals surface area contributed by atoms with E-state index in [4.69, 9.17) is 9.15 Å². The molecule has 1 aromatic heterocycles. The number of carbonyl (C=O) groups excluding carboxylic acids is 1. The lowest BCUT2D eigenvalue weighted by atomic mass is 9.86. The van der Waals surface area contributed by atoms with Crippen molar-refractivity contribution in [1.82, 2.24) is 15.5 Å². The molecule has 0 spiro atoms. The summed E-state index contributed by atoms with van der Waals surface area (Å²) in [6, 6.07) is 8.29. The van der Waals surface area contributed by atoms with Crippen LogP contribution in [-0.2, 0) is 11.4 Å². The van der Waals surface area contributed by atoms with Crippen molar-refractivity contribution in [2.45, 2.75) is 70.2 Å². The molecule has 1 saturated carbocycles. The molecular formula is C21H29N3O3S. The van der Waals surface area contributed by atoms with Crippen LogP contribution in [-0.4, -0.2) is 27.9 Å². The van der Waals surface area contributed by atoms with E-state index in [0.717, 1.165) is 12.2 Å². The number of rotatable bonds is 8. The van der Waals surface area contributed by atoms with Crippen LogP contribution >= 0.6 is 11.8 Å². The largest absolute Gasteiger partial charge is 0.484 e. The summed E-state index contributed by atoms with van der Waals surface area (Å²) in [7, 11) is 0. The van der Waals surface area contributed by atoms with Crippen molar-refractivity contribution in [3.63, 3.8) is 0 Å². The minimum Gasteiger partial charge on any atom is -0.484 e. The summed E-state index contributed by atoms with van der Waals surface area (Å²) in [6.45, 7) is 6.73. The molecule has 6 nitrogen and oxygen atoms in total. The molecule has 1 aromatic carbocycles. The van der Waals surface area contributed by atoms with Crippen LogP contribution in [0.1, 0.15) is 63.8 Å². The smallest absolute Gasteiger partial charge is 0.277 e. The third-order valence-electron chi connectivity index (χ3n) is 5.14. The number of carbonyl (C=O) groups is 1. The van der Waals surface area contributed by atoms with Gasteiger partial charge in [-0.2, -0.15) is 0 Å². The van der Waals surface area contributed by atoms with Gasteiger partial charge in [-0.15, -0.1) is 10.2 Å². The van der Waals surface area contributed by atoms with Crippen molar-refractivity contribution in [3.05, 3.63) is 35.7 Å². The highest BCUT2D eigenvalue weighted by Gasteiger charge is 2.23. The van der Waals surface area contributed by atoms with Crippen LogP contribution < -0.4 is 10.1 Å². The van der Waals surface area contributed by atoms with E-state index in [1.54, 1.807) is 0 Å². The van der Waals surface area contributed by atoms with E-state index in [2.05, 4.69) is 48.4 Å². The van der Waals surface area contributed by atoms with Gasteiger partial charge >= 0.3 is 0 Å². The molecule has 1 N–H and O–H groups in total. The van der Waals surface area contributed by atoms with E-state index in [-0.39, 0.29) is 24.3 Å². The van der Waals surface area contributed by atoms with Gasteiger partial charge in [0.1, 0.15) is 5.75 Å². The van der Waals surface area contributed by atoms with Crippen LogP contribution in [0.5, 0.6) is 5.75 Å². The van der Waals surface area contributed by atoms with Crippen molar-refractivity contribution in [3.8, 4) is 5.75 Å². The molecule has 0 unspecified atom stereocenters. The second-order valence-corrected chi connectivity index (χ2v) is 8.63. The molecule has 1 amide bonds. The Hall–Kier alpha value is -2.02. The maximum Gasteiger partial charge on any atom is 0.277 e. The summed E-state index contributed by atoms with van der Waals surface area (Å²) >= 11 is 1.26. The van der Waals surface area contributed by atoms with Crippen molar-refractivity contribution in [2.75, 3.05) is 5.75 Å². The second-order valence-electron chi connectivity index (χ2n) is 7.70. The van der Waals surface area contributed by atoms with Crippen molar-refractivity contribution in [1.29, 1.82) is 0 Å². The average molecular weight is 404 g/mol. The van der Waals surface area contributed by atoms with E-state index in [0.29, 0.717) is 22.9 Å². The Morgan fingerprint density at radius 2 is 2.00 bits per heavy atom. The average Bonchev–Trinajstić information content (AvgIpc) is 3.15. The van der Waals surface area contributed by atoms with Gasteiger partial charge in [0.2, 0.25) is 5.91 Å². The van der Waals surface area contributed by atoms with Gasteiger partial charge in [0.05, 0.1) is 5.75 Å².